The molecule has 5 heteroatoms. The fraction of sp³-hybridized carbons (Fsp3) is 0.500. The van der Waals surface area contributed by atoms with E-state index in [0.717, 1.165) is 13.0 Å². The fourth-order valence-electron chi connectivity index (χ4n) is 3.09. The molecule has 0 unspecified atom stereocenters. The molecule has 1 aliphatic rings. The van der Waals surface area contributed by atoms with Gasteiger partial charge in [-0.15, -0.1) is 0 Å². The molecule has 0 aliphatic carbocycles. The Hall–Kier alpha value is -1.75. The number of hydrogen-bond donors (Lipinski definition) is 0. The number of rotatable bonds is 3. The topological polar surface area (TPSA) is 38.1 Å². The van der Waals surface area contributed by atoms with Crippen LogP contribution in [0, 0.1) is 5.82 Å². The van der Waals surface area contributed by atoms with Crippen molar-refractivity contribution in [1.29, 1.82) is 0 Å². The maximum Gasteiger partial charge on any atom is 0.261 e. The average Bonchev–Trinajstić information content (AvgIpc) is 2.49. The van der Waals surface area contributed by atoms with E-state index in [2.05, 4.69) is 16.9 Å². The van der Waals surface area contributed by atoms with Crippen LogP contribution in [0.5, 0.6) is 0 Å². The normalized spacial score (nSPS) is 20.0. The maximum atomic E-state index is 13.3. The van der Waals surface area contributed by atoms with Gasteiger partial charge >= 0.3 is 0 Å². The van der Waals surface area contributed by atoms with Crippen LogP contribution in [-0.2, 0) is 6.54 Å². The fourth-order valence-corrected chi connectivity index (χ4v) is 3.09. The molecule has 0 amide bonds. The Labute approximate surface area is 123 Å². The molecule has 112 valence electrons. The van der Waals surface area contributed by atoms with Crippen LogP contribution >= 0.6 is 0 Å². The van der Waals surface area contributed by atoms with E-state index in [1.165, 1.54) is 31.4 Å². The molecule has 2 aromatic rings. The van der Waals surface area contributed by atoms with E-state index < -0.39 is 5.82 Å². The highest BCUT2D eigenvalue weighted by molar-refractivity contribution is 5.77. The molecule has 1 saturated heterocycles. The molecule has 2 heterocycles. The van der Waals surface area contributed by atoms with Gasteiger partial charge < -0.3 is 4.90 Å². The maximum absolute atomic E-state index is 13.3. The van der Waals surface area contributed by atoms with Gasteiger partial charge in [0, 0.05) is 12.6 Å². The first kappa shape index (κ1) is 14.2. The van der Waals surface area contributed by atoms with Gasteiger partial charge in [-0.25, -0.2) is 9.37 Å². The lowest BCUT2D eigenvalue weighted by atomic mass is 10.0. The molecule has 0 N–H and O–H groups in total. The molecule has 1 fully saturated rings. The van der Waals surface area contributed by atoms with Crippen LogP contribution < -0.4 is 5.56 Å². The van der Waals surface area contributed by atoms with Crippen molar-refractivity contribution in [1.82, 2.24) is 14.5 Å². The molecular formula is C16H20FN3O. The van der Waals surface area contributed by atoms with Gasteiger partial charge in [0.1, 0.15) is 5.82 Å². The summed E-state index contributed by atoms with van der Waals surface area (Å²) in [5.74, 6) is -0.397. The van der Waals surface area contributed by atoms with E-state index in [1.807, 2.05) is 0 Å². The van der Waals surface area contributed by atoms with Crippen molar-refractivity contribution < 1.29 is 4.39 Å². The summed E-state index contributed by atoms with van der Waals surface area (Å²) in [5, 5.41) is 0.356. The lowest BCUT2D eigenvalue weighted by Crippen LogP contribution is -2.37. The third-order valence-corrected chi connectivity index (χ3v) is 4.41. The standard InChI is InChI=1S/C16H20FN3O/c1-19-8-3-2-4-13(19)7-9-20-11-18-15-6-5-12(17)10-14(15)16(20)21/h5-6,10-11,13H,2-4,7-9H2,1H3/t13-/m1/s1. The van der Waals surface area contributed by atoms with Gasteiger partial charge in [0.15, 0.2) is 0 Å². The third-order valence-electron chi connectivity index (χ3n) is 4.41. The lowest BCUT2D eigenvalue weighted by Gasteiger charge is -2.32. The van der Waals surface area contributed by atoms with Crippen LogP contribution in [0.3, 0.4) is 0 Å². The number of nitrogens with zero attached hydrogens (tertiary/aromatic N) is 3. The van der Waals surface area contributed by atoms with Crippen LogP contribution in [0.1, 0.15) is 25.7 Å². The second-order valence-corrected chi connectivity index (χ2v) is 5.82. The number of benzene rings is 1. The average molecular weight is 289 g/mol. The summed E-state index contributed by atoms with van der Waals surface area (Å²) in [6, 6.07) is 4.67. The predicted molar refractivity (Wildman–Crippen MR) is 80.8 cm³/mol. The van der Waals surface area contributed by atoms with Crippen molar-refractivity contribution in [3.8, 4) is 0 Å². The molecule has 3 rings (SSSR count). The highest BCUT2D eigenvalue weighted by atomic mass is 19.1. The first-order valence-electron chi connectivity index (χ1n) is 7.50. The van der Waals surface area contributed by atoms with Gasteiger partial charge in [-0.1, -0.05) is 6.42 Å². The van der Waals surface area contributed by atoms with Crippen LogP contribution in [-0.4, -0.2) is 34.1 Å². The summed E-state index contributed by atoms with van der Waals surface area (Å²) in [6.45, 7) is 1.76. The molecule has 21 heavy (non-hydrogen) atoms. The molecule has 0 spiro atoms. The summed E-state index contributed by atoms with van der Waals surface area (Å²) in [4.78, 5) is 19.0. The number of piperidine rings is 1. The van der Waals surface area contributed by atoms with Crippen molar-refractivity contribution in [3.05, 3.63) is 40.7 Å². The van der Waals surface area contributed by atoms with E-state index in [4.69, 9.17) is 0 Å². The Morgan fingerprint density at radius 1 is 1.38 bits per heavy atom. The van der Waals surface area contributed by atoms with Crippen molar-refractivity contribution in [2.45, 2.75) is 38.3 Å². The summed E-state index contributed by atoms with van der Waals surface area (Å²) < 4.78 is 14.9. The Morgan fingerprint density at radius 2 is 2.24 bits per heavy atom. The van der Waals surface area contributed by atoms with Crippen molar-refractivity contribution in [3.63, 3.8) is 0 Å². The zero-order chi connectivity index (χ0) is 14.8. The minimum absolute atomic E-state index is 0.155. The van der Waals surface area contributed by atoms with Gasteiger partial charge in [-0.2, -0.15) is 0 Å². The molecule has 1 aromatic carbocycles. The van der Waals surface area contributed by atoms with E-state index in [1.54, 1.807) is 17.0 Å². The SMILES string of the molecule is CN1CCCC[C@@H]1CCn1cnc2ccc(F)cc2c1=O. The Kier molecular flexibility index (Phi) is 4.01. The molecule has 1 atom stereocenters. The molecule has 1 aromatic heterocycles. The summed E-state index contributed by atoms with van der Waals surface area (Å²) in [6.07, 6.45) is 6.19. The Balaban J connectivity index is 1.81. The summed E-state index contributed by atoms with van der Waals surface area (Å²) in [7, 11) is 2.14. The van der Waals surface area contributed by atoms with Gasteiger partial charge in [0.2, 0.25) is 0 Å². The highest BCUT2D eigenvalue weighted by Crippen LogP contribution is 2.18. The van der Waals surface area contributed by atoms with E-state index in [-0.39, 0.29) is 5.56 Å². The number of likely N-dealkylation sites (tertiary alicyclic amines) is 1. The molecule has 4 nitrogen and oxygen atoms in total. The van der Waals surface area contributed by atoms with Gasteiger partial charge in [0.25, 0.3) is 5.56 Å². The molecular weight excluding hydrogens is 269 g/mol. The largest absolute Gasteiger partial charge is 0.303 e. The van der Waals surface area contributed by atoms with Gasteiger partial charge in [-0.05, 0) is 51.1 Å². The number of aryl methyl sites for hydroxylation is 1. The number of halogens is 1. The second-order valence-electron chi connectivity index (χ2n) is 5.82. The van der Waals surface area contributed by atoms with Crippen LogP contribution in [0.4, 0.5) is 4.39 Å². The third kappa shape index (κ3) is 2.97. The zero-order valence-electron chi connectivity index (χ0n) is 12.3. The van der Waals surface area contributed by atoms with Crippen LogP contribution in [0.15, 0.2) is 29.3 Å². The summed E-state index contributed by atoms with van der Waals surface area (Å²) in [5.41, 5.74) is 0.394. The second kappa shape index (κ2) is 5.93. The minimum Gasteiger partial charge on any atom is -0.303 e. The molecule has 0 saturated carbocycles. The van der Waals surface area contributed by atoms with E-state index in [9.17, 15) is 9.18 Å². The zero-order valence-corrected chi connectivity index (χ0v) is 12.3. The highest BCUT2D eigenvalue weighted by Gasteiger charge is 2.18. The Morgan fingerprint density at radius 3 is 3.05 bits per heavy atom. The smallest absolute Gasteiger partial charge is 0.261 e. The lowest BCUT2D eigenvalue weighted by molar-refractivity contribution is 0.170. The van der Waals surface area contributed by atoms with Crippen molar-refractivity contribution in [2.24, 2.45) is 0 Å². The van der Waals surface area contributed by atoms with Gasteiger partial charge in [0.05, 0.1) is 17.2 Å². The predicted octanol–water partition coefficient (Wildman–Crippen LogP) is 2.41. The van der Waals surface area contributed by atoms with Crippen molar-refractivity contribution in [2.75, 3.05) is 13.6 Å². The first-order valence-corrected chi connectivity index (χ1v) is 7.50. The van der Waals surface area contributed by atoms with Crippen LogP contribution in [0.2, 0.25) is 0 Å². The summed E-state index contributed by atoms with van der Waals surface area (Å²) >= 11 is 0. The quantitative estimate of drug-likeness (QED) is 0.871. The minimum atomic E-state index is -0.397. The number of hydrogen-bond acceptors (Lipinski definition) is 3. The molecule has 0 bridgehead atoms. The molecule has 0 radical (unpaired) electrons. The number of fused-ring (bicyclic) bond motifs is 1. The molecule has 1 aliphatic heterocycles. The van der Waals surface area contributed by atoms with E-state index in [0.29, 0.717) is 23.5 Å². The van der Waals surface area contributed by atoms with Gasteiger partial charge in [-0.3, -0.25) is 9.36 Å². The first-order chi connectivity index (χ1) is 10.1. The van der Waals surface area contributed by atoms with E-state index >= 15 is 0 Å². The van der Waals surface area contributed by atoms with Crippen molar-refractivity contribution >= 4 is 10.9 Å². The van der Waals surface area contributed by atoms with Crippen LogP contribution in [0.25, 0.3) is 10.9 Å². The Bertz CT molecular complexity index is 697. The monoisotopic (exact) mass is 289 g/mol. The number of aromatic nitrogens is 2.